The normalized spacial score (nSPS) is 10.6. The fourth-order valence-electron chi connectivity index (χ4n) is 1.98. The maximum absolute atomic E-state index is 14.3. The van der Waals surface area contributed by atoms with Gasteiger partial charge in [-0.15, -0.1) is 0 Å². The van der Waals surface area contributed by atoms with Crippen LogP contribution in [-0.4, -0.2) is 12.4 Å². The first-order chi connectivity index (χ1) is 13.5. The van der Waals surface area contributed by atoms with Crippen LogP contribution < -0.4 is 9.47 Å². The largest absolute Gasteiger partial charge is 0.462 e. The average molecular weight is 384 g/mol. The number of rotatable bonds is 9. The number of hydrogen-bond acceptors (Lipinski definition) is 6. The Balaban J connectivity index is 1.99. The van der Waals surface area contributed by atoms with Crippen LogP contribution in [0.15, 0.2) is 79.7 Å². The highest BCUT2D eigenvalue weighted by Gasteiger charge is 2.07. The fraction of sp³-hybridized carbons (Fsp3) is 0.0476. The Hall–Kier alpha value is -3.87. The molecule has 0 fully saturated rings. The van der Waals surface area contributed by atoms with Crippen molar-refractivity contribution in [1.82, 2.24) is 0 Å². The summed E-state index contributed by atoms with van der Waals surface area (Å²) in [5.74, 6) is -0.305. The van der Waals surface area contributed by atoms with E-state index in [-0.39, 0.29) is 17.8 Å². The van der Waals surface area contributed by atoms with E-state index in [0.717, 1.165) is 18.8 Å². The number of ether oxygens (including phenoxy) is 4. The zero-order chi connectivity index (χ0) is 20.4. The number of halogens is 1. The second kappa shape index (κ2) is 10.3. The third-order valence-corrected chi connectivity index (χ3v) is 3.28. The van der Waals surface area contributed by atoms with Gasteiger partial charge < -0.3 is 18.9 Å². The second-order valence-electron chi connectivity index (χ2n) is 5.36. The molecule has 6 nitrogen and oxygen atoms in total. The molecule has 0 heterocycles. The van der Waals surface area contributed by atoms with Crippen molar-refractivity contribution in [1.29, 1.82) is 0 Å². The van der Waals surface area contributed by atoms with Crippen LogP contribution in [0.25, 0.3) is 11.1 Å². The molecule has 2 rings (SSSR count). The minimum Gasteiger partial charge on any atom is -0.462 e. The molecule has 0 aliphatic carbocycles. The van der Waals surface area contributed by atoms with E-state index in [0.29, 0.717) is 16.9 Å². The summed E-state index contributed by atoms with van der Waals surface area (Å²) < 4.78 is 33.8. The maximum Gasteiger partial charge on any atom is 0.338 e. The molecule has 0 unspecified atom stereocenters. The first-order valence-electron chi connectivity index (χ1n) is 8.00. The summed E-state index contributed by atoms with van der Waals surface area (Å²) in [5, 5.41) is 0. The molecule has 0 saturated carbocycles. The third-order valence-electron chi connectivity index (χ3n) is 3.28. The van der Waals surface area contributed by atoms with Crippen LogP contribution in [-0.2, 0) is 19.1 Å². The van der Waals surface area contributed by atoms with Crippen LogP contribution in [0.3, 0.4) is 0 Å². The van der Waals surface area contributed by atoms with Crippen LogP contribution >= 0.6 is 0 Å². The minimum absolute atomic E-state index is 0.238. The van der Waals surface area contributed by atoms with Crippen molar-refractivity contribution in [3.8, 4) is 22.6 Å². The first-order valence-corrected chi connectivity index (χ1v) is 8.00. The topological polar surface area (TPSA) is 71.1 Å². The van der Waals surface area contributed by atoms with E-state index in [1.807, 2.05) is 0 Å². The Morgan fingerprint density at radius 2 is 1.61 bits per heavy atom. The summed E-state index contributed by atoms with van der Waals surface area (Å²) in [4.78, 5) is 21.2. The van der Waals surface area contributed by atoms with E-state index >= 15 is 0 Å². The molecule has 0 N–H and O–H groups in total. The van der Waals surface area contributed by atoms with Crippen LogP contribution in [0.5, 0.6) is 11.5 Å². The van der Waals surface area contributed by atoms with Gasteiger partial charge in [-0.3, -0.25) is 4.79 Å². The van der Waals surface area contributed by atoms with Crippen molar-refractivity contribution < 1.29 is 32.9 Å². The van der Waals surface area contributed by atoms with Crippen molar-refractivity contribution in [2.45, 2.75) is 6.92 Å². The second-order valence-corrected chi connectivity index (χ2v) is 5.36. The van der Waals surface area contributed by atoms with Crippen molar-refractivity contribution >= 4 is 12.4 Å². The van der Waals surface area contributed by atoms with Gasteiger partial charge in [-0.05, 0) is 36.8 Å². The van der Waals surface area contributed by atoms with Crippen LogP contribution in [0, 0.1) is 5.82 Å². The van der Waals surface area contributed by atoms with Gasteiger partial charge in [0.1, 0.15) is 42.4 Å². The van der Waals surface area contributed by atoms with E-state index in [2.05, 4.69) is 11.3 Å². The Morgan fingerprint density at radius 3 is 2.25 bits per heavy atom. The summed E-state index contributed by atoms with van der Waals surface area (Å²) in [6, 6.07) is 11.0. The molecule has 0 amide bonds. The summed E-state index contributed by atoms with van der Waals surface area (Å²) in [6.07, 6.45) is 4.48. The summed E-state index contributed by atoms with van der Waals surface area (Å²) >= 11 is 0. The SMILES string of the molecule is C=C(C)C(=O)O/C=C\Oc1ccc(-c2ccc(O/C=C\OC=O)cc2F)cc1. The van der Waals surface area contributed by atoms with Crippen LogP contribution in [0.1, 0.15) is 6.92 Å². The van der Waals surface area contributed by atoms with Crippen molar-refractivity contribution in [2.75, 3.05) is 0 Å². The number of hydrogen-bond donors (Lipinski definition) is 0. The van der Waals surface area contributed by atoms with Crippen LogP contribution in [0.2, 0.25) is 0 Å². The van der Waals surface area contributed by atoms with Gasteiger partial charge in [0.25, 0.3) is 6.47 Å². The van der Waals surface area contributed by atoms with Gasteiger partial charge in [-0.2, -0.15) is 0 Å². The minimum atomic E-state index is -0.551. The third kappa shape index (κ3) is 6.14. The molecule has 144 valence electrons. The molecule has 0 radical (unpaired) electrons. The highest BCUT2D eigenvalue weighted by atomic mass is 19.1. The molecule has 28 heavy (non-hydrogen) atoms. The molecule has 2 aromatic rings. The van der Waals surface area contributed by atoms with Gasteiger partial charge in [-0.25, -0.2) is 9.18 Å². The lowest BCUT2D eigenvalue weighted by Gasteiger charge is -2.07. The Morgan fingerprint density at radius 1 is 0.964 bits per heavy atom. The van der Waals surface area contributed by atoms with Gasteiger partial charge in [0.15, 0.2) is 0 Å². The quantitative estimate of drug-likeness (QED) is 0.275. The number of benzene rings is 2. The Labute approximate surface area is 161 Å². The van der Waals surface area contributed by atoms with Gasteiger partial charge in [0, 0.05) is 17.2 Å². The number of esters is 1. The molecular formula is C21H17FO6. The molecule has 0 saturated heterocycles. The van der Waals surface area contributed by atoms with Gasteiger partial charge in [-0.1, -0.05) is 18.7 Å². The summed E-state index contributed by atoms with van der Waals surface area (Å²) in [5.41, 5.74) is 1.28. The van der Waals surface area contributed by atoms with Gasteiger partial charge in [0.2, 0.25) is 0 Å². The smallest absolute Gasteiger partial charge is 0.338 e. The molecular weight excluding hydrogens is 367 g/mol. The monoisotopic (exact) mass is 384 g/mol. The maximum atomic E-state index is 14.3. The van der Waals surface area contributed by atoms with E-state index in [1.54, 1.807) is 36.4 Å². The number of carbonyl (C=O) groups is 2. The zero-order valence-corrected chi connectivity index (χ0v) is 15.0. The molecule has 7 heteroatoms. The zero-order valence-electron chi connectivity index (χ0n) is 15.0. The van der Waals surface area contributed by atoms with Gasteiger partial charge >= 0.3 is 5.97 Å². The molecule has 0 aliphatic rings. The molecule has 0 bridgehead atoms. The molecule has 2 aromatic carbocycles. The molecule has 0 spiro atoms. The van der Waals surface area contributed by atoms with E-state index in [1.165, 1.54) is 19.3 Å². The van der Waals surface area contributed by atoms with Crippen LogP contribution in [0.4, 0.5) is 4.39 Å². The summed E-state index contributed by atoms with van der Waals surface area (Å²) in [6.45, 7) is 5.23. The highest BCUT2D eigenvalue weighted by Crippen LogP contribution is 2.28. The van der Waals surface area contributed by atoms with Crippen molar-refractivity contribution in [3.63, 3.8) is 0 Å². The van der Waals surface area contributed by atoms with E-state index in [9.17, 15) is 14.0 Å². The average Bonchev–Trinajstić information content (AvgIpc) is 2.69. The van der Waals surface area contributed by atoms with Crippen molar-refractivity contribution in [3.05, 3.63) is 85.5 Å². The van der Waals surface area contributed by atoms with E-state index in [4.69, 9.17) is 14.2 Å². The lowest BCUT2D eigenvalue weighted by atomic mass is 10.0. The molecule has 0 aromatic heterocycles. The molecule has 0 aliphatic heterocycles. The summed E-state index contributed by atoms with van der Waals surface area (Å²) in [7, 11) is 0. The predicted molar refractivity (Wildman–Crippen MR) is 99.4 cm³/mol. The predicted octanol–water partition coefficient (Wildman–Crippen LogP) is 4.49. The first kappa shape index (κ1) is 20.4. The lowest BCUT2D eigenvalue weighted by Crippen LogP contribution is -1.99. The van der Waals surface area contributed by atoms with Gasteiger partial charge in [0.05, 0.1) is 0 Å². The Kier molecular flexibility index (Phi) is 7.53. The van der Waals surface area contributed by atoms with Crippen molar-refractivity contribution in [2.24, 2.45) is 0 Å². The molecule has 0 atom stereocenters. The fourth-order valence-corrected chi connectivity index (χ4v) is 1.98. The lowest BCUT2D eigenvalue weighted by molar-refractivity contribution is -0.133. The highest BCUT2D eigenvalue weighted by molar-refractivity contribution is 5.87. The standard InChI is InChI=1S/C21H17FO6/c1-15(2)21(24)28-12-11-26-17-5-3-16(4-6-17)19-8-7-18(13-20(19)22)27-10-9-25-14-23/h3-14H,1H2,2H3/b10-9-,12-11-. The Bertz CT molecular complexity index is 900. The number of carbonyl (C=O) groups excluding carboxylic acids is 2. The van der Waals surface area contributed by atoms with E-state index < -0.39 is 11.8 Å².